The van der Waals surface area contributed by atoms with Crippen molar-refractivity contribution in [2.75, 3.05) is 6.54 Å². The maximum atomic E-state index is 4.19. The fourth-order valence-corrected chi connectivity index (χ4v) is 2.97. The van der Waals surface area contributed by atoms with E-state index in [-0.39, 0.29) is 0 Å². The third-order valence-electron chi connectivity index (χ3n) is 3.93. The zero-order valence-corrected chi connectivity index (χ0v) is 11.9. The van der Waals surface area contributed by atoms with Crippen LogP contribution < -0.4 is 0 Å². The molecule has 3 rings (SSSR count). The molecule has 20 heavy (non-hydrogen) atoms. The van der Waals surface area contributed by atoms with E-state index in [1.807, 2.05) is 4.68 Å². The Hall–Kier alpha value is -1.75. The summed E-state index contributed by atoms with van der Waals surface area (Å²) in [5.74, 6) is 0.981. The molecule has 1 unspecified atom stereocenters. The molecular formula is C15H21N5. The van der Waals surface area contributed by atoms with Gasteiger partial charge in [0.05, 0.1) is 6.54 Å². The Morgan fingerprint density at radius 1 is 1.25 bits per heavy atom. The summed E-state index contributed by atoms with van der Waals surface area (Å²) >= 11 is 0. The maximum Gasteiger partial charge on any atom is 0.165 e. The summed E-state index contributed by atoms with van der Waals surface area (Å²) in [5, 5.41) is 12.1. The molecule has 0 bridgehead atoms. The second-order valence-corrected chi connectivity index (χ2v) is 5.36. The second kappa shape index (κ2) is 6.13. The predicted octanol–water partition coefficient (Wildman–Crippen LogP) is 2.42. The lowest BCUT2D eigenvalue weighted by Gasteiger charge is -2.24. The Labute approximate surface area is 119 Å². The zero-order chi connectivity index (χ0) is 13.8. The van der Waals surface area contributed by atoms with Crippen molar-refractivity contribution in [2.24, 2.45) is 0 Å². The average molecular weight is 271 g/mol. The summed E-state index contributed by atoms with van der Waals surface area (Å²) in [4.78, 5) is 2.49. The molecule has 2 heterocycles. The summed E-state index contributed by atoms with van der Waals surface area (Å²) in [6.45, 7) is 5.01. The van der Waals surface area contributed by atoms with Crippen LogP contribution in [-0.4, -0.2) is 31.7 Å². The normalized spacial score (nSPS) is 19.6. The van der Waals surface area contributed by atoms with Crippen LogP contribution in [0.25, 0.3) is 0 Å². The molecule has 0 spiro atoms. The van der Waals surface area contributed by atoms with Crippen LogP contribution in [0.3, 0.4) is 0 Å². The summed E-state index contributed by atoms with van der Waals surface area (Å²) in [7, 11) is 0. The third kappa shape index (κ3) is 2.72. The third-order valence-corrected chi connectivity index (χ3v) is 3.93. The van der Waals surface area contributed by atoms with Crippen LogP contribution in [0, 0.1) is 0 Å². The largest absolute Gasteiger partial charge is 0.289 e. The van der Waals surface area contributed by atoms with Crippen molar-refractivity contribution >= 4 is 0 Å². The van der Waals surface area contributed by atoms with E-state index in [1.165, 1.54) is 18.4 Å². The number of nitrogens with zero attached hydrogens (tertiary/aromatic N) is 5. The quantitative estimate of drug-likeness (QED) is 0.838. The molecule has 0 saturated carbocycles. The lowest BCUT2D eigenvalue weighted by atomic mass is 10.0. The molecule has 1 aromatic heterocycles. The molecule has 106 valence electrons. The first kappa shape index (κ1) is 13.2. The van der Waals surface area contributed by atoms with Crippen LogP contribution in [0.1, 0.15) is 43.6 Å². The minimum absolute atomic E-state index is 0.503. The molecule has 0 amide bonds. The molecular weight excluding hydrogens is 250 g/mol. The summed E-state index contributed by atoms with van der Waals surface area (Å²) < 4.78 is 1.93. The number of tetrazole rings is 1. The maximum absolute atomic E-state index is 4.19. The van der Waals surface area contributed by atoms with Gasteiger partial charge in [0.2, 0.25) is 0 Å². The fraction of sp³-hybridized carbons (Fsp3) is 0.533. The predicted molar refractivity (Wildman–Crippen MR) is 76.9 cm³/mol. The summed E-state index contributed by atoms with van der Waals surface area (Å²) in [6, 6.07) is 11.3. The average Bonchev–Trinajstić information content (AvgIpc) is 3.11. The number of aromatic nitrogens is 4. The number of aryl methyl sites for hydroxylation is 1. The molecule has 1 aromatic carbocycles. The van der Waals surface area contributed by atoms with Crippen molar-refractivity contribution < 1.29 is 0 Å². The van der Waals surface area contributed by atoms with Crippen molar-refractivity contribution in [2.45, 2.75) is 45.3 Å². The molecule has 1 aliphatic rings. The Balaban J connectivity index is 1.74. The lowest BCUT2D eigenvalue weighted by Crippen LogP contribution is -2.25. The van der Waals surface area contributed by atoms with Crippen molar-refractivity contribution in [3.05, 3.63) is 41.7 Å². The highest BCUT2D eigenvalue weighted by Gasteiger charge is 2.27. The van der Waals surface area contributed by atoms with Gasteiger partial charge in [-0.15, -0.1) is 5.10 Å². The van der Waals surface area contributed by atoms with Gasteiger partial charge in [0.25, 0.3) is 0 Å². The number of benzene rings is 1. The van der Waals surface area contributed by atoms with E-state index in [9.17, 15) is 0 Å². The fourth-order valence-electron chi connectivity index (χ4n) is 2.97. The van der Waals surface area contributed by atoms with E-state index in [2.05, 4.69) is 57.7 Å². The first-order chi connectivity index (χ1) is 9.88. The van der Waals surface area contributed by atoms with Crippen molar-refractivity contribution in [1.82, 2.24) is 25.1 Å². The van der Waals surface area contributed by atoms with Crippen LogP contribution in [-0.2, 0) is 13.1 Å². The zero-order valence-electron chi connectivity index (χ0n) is 11.9. The number of hydrogen-bond acceptors (Lipinski definition) is 4. The first-order valence-electron chi connectivity index (χ1n) is 7.42. The molecule has 1 saturated heterocycles. The van der Waals surface area contributed by atoms with Crippen LogP contribution in [0.4, 0.5) is 0 Å². The van der Waals surface area contributed by atoms with E-state index in [4.69, 9.17) is 0 Å². The molecule has 1 aliphatic heterocycles. The Kier molecular flexibility index (Phi) is 4.06. The molecule has 1 fully saturated rings. The number of likely N-dealkylation sites (tertiary alicyclic amines) is 1. The smallest absolute Gasteiger partial charge is 0.165 e. The minimum Gasteiger partial charge on any atom is -0.289 e. The summed E-state index contributed by atoms with van der Waals surface area (Å²) in [5.41, 5.74) is 1.40. The second-order valence-electron chi connectivity index (χ2n) is 5.36. The molecule has 2 aromatic rings. The Morgan fingerprint density at radius 3 is 2.90 bits per heavy atom. The van der Waals surface area contributed by atoms with Crippen molar-refractivity contribution in [1.29, 1.82) is 0 Å². The van der Waals surface area contributed by atoms with Crippen molar-refractivity contribution in [3.8, 4) is 0 Å². The van der Waals surface area contributed by atoms with Crippen LogP contribution in [0.5, 0.6) is 0 Å². The van der Waals surface area contributed by atoms with Gasteiger partial charge in [-0.25, -0.2) is 4.68 Å². The molecule has 0 radical (unpaired) electrons. The van der Waals surface area contributed by atoms with Gasteiger partial charge in [-0.1, -0.05) is 37.3 Å². The van der Waals surface area contributed by atoms with Gasteiger partial charge < -0.3 is 0 Å². The number of hydrogen-bond donors (Lipinski definition) is 0. The van der Waals surface area contributed by atoms with Gasteiger partial charge in [-0.3, -0.25) is 4.90 Å². The van der Waals surface area contributed by atoms with Gasteiger partial charge in [0, 0.05) is 12.6 Å². The Morgan fingerprint density at radius 2 is 2.10 bits per heavy atom. The van der Waals surface area contributed by atoms with Gasteiger partial charge in [0.15, 0.2) is 5.82 Å². The standard InChI is InChI=1S/C15H21N5/c1-2-10-20-15(16-17-18-20)12-19-11-6-9-14(19)13-7-4-3-5-8-13/h3-5,7-8,14H,2,6,9-12H2,1H3. The van der Waals surface area contributed by atoms with Crippen LogP contribution in [0.15, 0.2) is 30.3 Å². The highest BCUT2D eigenvalue weighted by molar-refractivity contribution is 5.20. The van der Waals surface area contributed by atoms with E-state index in [0.717, 1.165) is 31.9 Å². The van der Waals surface area contributed by atoms with Gasteiger partial charge in [0.1, 0.15) is 0 Å². The van der Waals surface area contributed by atoms with E-state index >= 15 is 0 Å². The van der Waals surface area contributed by atoms with Gasteiger partial charge in [-0.2, -0.15) is 0 Å². The highest BCUT2D eigenvalue weighted by Crippen LogP contribution is 2.32. The SMILES string of the molecule is CCCn1nnnc1CN1CCCC1c1ccccc1. The monoisotopic (exact) mass is 271 g/mol. The molecule has 1 atom stereocenters. The molecule has 0 aliphatic carbocycles. The lowest BCUT2D eigenvalue weighted by molar-refractivity contribution is 0.237. The van der Waals surface area contributed by atoms with Crippen LogP contribution in [0.2, 0.25) is 0 Å². The van der Waals surface area contributed by atoms with Crippen LogP contribution >= 0.6 is 0 Å². The highest BCUT2D eigenvalue weighted by atomic mass is 15.5. The number of rotatable bonds is 5. The Bertz CT molecular complexity index is 536. The van der Waals surface area contributed by atoms with E-state index in [0.29, 0.717) is 6.04 Å². The molecule has 5 nitrogen and oxygen atoms in total. The topological polar surface area (TPSA) is 46.8 Å². The molecule has 0 N–H and O–H groups in total. The first-order valence-corrected chi connectivity index (χ1v) is 7.42. The van der Waals surface area contributed by atoms with Gasteiger partial charge in [-0.05, 0) is 41.8 Å². The van der Waals surface area contributed by atoms with E-state index in [1.54, 1.807) is 0 Å². The molecule has 5 heteroatoms. The van der Waals surface area contributed by atoms with E-state index < -0.39 is 0 Å². The summed E-state index contributed by atoms with van der Waals surface area (Å²) in [6.07, 6.45) is 3.52. The minimum atomic E-state index is 0.503. The van der Waals surface area contributed by atoms with Crippen molar-refractivity contribution in [3.63, 3.8) is 0 Å². The van der Waals surface area contributed by atoms with Gasteiger partial charge >= 0.3 is 0 Å².